The number of benzene rings is 2. The van der Waals surface area contributed by atoms with Gasteiger partial charge < -0.3 is 0 Å². The van der Waals surface area contributed by atoms with Crippen LogP contribution in [0.25, 0.3) is 6.08 Å². The number of hydrogen-bond donors (Lipinski definition) is 1. The smallest absolute Gasteiger partial charge is 0.234 e. The third-order valence-corrected chi connectivity index (χ3v) is 6.03. The van der Waals surface area contributed by atoms with Crippen LogP contribution in [0.15, 0.2) is 53.9 Å². The molecule has 6 heteroatoms. The highest BCUT2D eigenvalue weighted by molar-refractivity contribution is 7.92. The van der Waals surface area contributed by atoms with Gasteiger partial charge in [0.2, 0.25) is 10.0 Å². The largest absolute Gasteiger partial charge is 0.299 e. The summed E-state index contributed by atoms with van der Waals surface area (Å²) in [6, 6.07) is 15.1. The molecule has 2 aromatic rings. The second-order valence-corrected chi connectivity index (χ2v) is 8.91. The molecule has 0 atom stereocenters. The van der Waals surface area contributed by atoms with E-state index in [4.69, 9.17) is 11.6 Å². The van der Waals surface area contributed by atoms with E-state index < -0.39 is 10.0 Å². The number of piperidine rings is 1. The Labute approximate surface area is 166 Å². The normalized spacial score (nSPS) is 16.0. The highest BCUT2D eigenvalue weighted by Gasteiger charge is 2.13. The molecule has 27 heavy (non-hydrogen) atoms. The van der Waals surface area contributed by atoms with Crippen LogP contribution in [0.5, 0.6) is 0 Å². The molecule has 0 spiro atoms. The average molecular weight is 405 g/mol. The molecule has 1 N–H and O–H groups in total. The van der Waals surface area contributed by atoms with Crippen molar-refractivity contribution in [1.82, 2.24) is 9.62 Å². The lowest BCUT2D eigenvalue weighted by Crippen LogP contribution is -2.30. The topological polar surface area (TPSA) is 49.4 Å². The van der Waals surface area contributed by atoms with Gasteiger partial charge in [-0.2, -0.15) is 0 Å². The van der Waals surface area contributed by atoms with Crippen molar-refractivity contribution in [3.05, 3.63) is 75.7 Å². The molecule has 0 saturated carbocycles. The lowest BCUT2D eigenvalue weighted by atomic mass is 10.1. The van der Waals surface area contributed by atoms with Crippen LogP contribution in [-0.2, 0) is 23.1 Å². The number of nitrogens with one attached hydrogen (secondary N) is 1. The van der Waals surface area contributed by atoms with E-state index in [1.54, 1.807) is 30.3 Å². The van der Waals surface area contributed by atoms with Crippen LogP contribution in [0.3, 0.4) is 0 Å². The summed E-state index contributed by atoms with van der Waals surface area (Å²) in [6.07, 6.45) is 5.35. The van der Waals surface area contributed by atoms with Gasteiger partial charge in [-0.3, -0.25) is 4.90 Å². The van der Waals surface area contributed by atoms with E-state index in [9.17, 15) is 8.42 Å². The number of nitrogens with zero attached hydrogens (tertiary/aromatic N) is 1. The zero-order chi connectivity index (χ0) is 19.1. The maximum atomic E-state index is 12.3. The Morgan fingerprint density at radius 3 is 2.33 bits per heavy atom. The van der Waals surface area contributed by atoms with E-state index in [0.29, 0.717) is 5.02 Å². The molecule has 3 rings (SSSR count). The van der Waals surface area contributed by atoms with Gasteiger partial charge >= 0.3 is 0 Å². The van der Waals surface area contributed by atoms with Gasteiger partial charge in [-0.05, 0) is 60.8 Å². The fourth-order valence-corrected chi connectivity index (χ4v) is 4.13. The molecule has 1 saturated heterocycles. The Morgan fingerprint density at radius 1 is 0.963 bits per heavy atom. The molecule has 0 bridgehead atoms. The molecule has 1 aliphatic rings. The molecule has 0 unspecified atom stereocenters. The third kappa shape index (κ3) is 6.47. The van der Waals surface area contributed by atoms with Crippen LogP contribution in [0.4, 0.5) is 0 Å². The monoisotopic (exact) mass is 404 g/mol. The van der Waals surface area contributed by atoms with Gasteiger partial charge in [0.25, 0.3) is 0 Å². The van der Waals surface area contributed by atoms with Gasteiger partial charge in [0, 0.05) is 23.5 Å². The molecule has 4 nitrogen and oxygen atoms in total. The lowest BCUT2D eigenvalue weighted by Gasteiger charge is -2.27. The first-order valence-corrected chi connectivity index (χ1v) is 11.2. The maximum Gasteiger partial charge on any atom is 0.234 e. The van der Waals surface area contributed by atoms with Crippen molar-refractivity contribution in [2.45, 2.75) is 32.4 Å². The summed E-state index contributed by atoms with van der Waals surface area (Å²) in [5.41, 5.74) is 2.99. The number of hydrogen-bond acceptors (Lipinski definition) is 3. The highest BCUT2D eigenvalue weighted by atomic mass is 35.5. The van der Waals surface area contributed by atoms with Crippen LogP contribution in [0.1, 0.15) is 36.0 Å². The van der Waals surface area contributed by atoms with Crippen molar-refractivity contribution < 1.29 is 8.42 Å². The van der Waals surface area contributed by atoms with E-state index in [1.165, 1.54) is 30.2 Å². The molecule has 0 aromatic heterocycles. The van der Waals surface area contributed by atoms with Crippen LogP contribution < -0.4 is 4.72 Å². The van der Waals surface area contributed by atoms with E-state index in [0.717, 1.165) is 30.8 Å². The molecule has 2 aromatic carbocycles. The van der Waals surface area contributed by atoms with Crippen molar-refractivity contribution in [2.75, 3.05) is 13.1 Å². The highest BCUT2D eigenvalue weighted by Crippen LogP contribution is 2.16. The lowest BCUT2D eigenvalue weighted by molar-refractivity contribution is 0.220. The summed E-state index contributed by atoms with van der Waals surface area (Å²) in [5.74, 6) is 0. The van der Waals surface area contributed by atoms with Crippen LogP contribution in [0, 0.1) is 0 Å². The summed E-state index contributed by atoms with van der Waals surface area (Å²) < 4.78 is 27.3. The minimum absolute atomic E-state index is 0.289. The number of sulfonamides is 1. The molecular formula is C21H25ClN2O2S. The van der Waals surface area contributed by atoms with Crippen molar-refractivity contribution in [3.8, 4) is 0 Å². The summed E-state index contributed by atoms with van der Waals surface area (Å²) in [6.45, 7) is 3.39. The standard InChI is InChI=1S/C21H25ClN2O2S/c22-21-10-8-18(9-11-21)12-15-27(25,26)23-16-19-6-2-3-7-20(19)17-24-13-4-1-5-14-24/h2-3,6-12,15,23H,1,4-5,13-14,16-17H2/b15-12+. The first-order valence-electron chi connectivity index (χ1n) is 9.24. The molecule has 1 heterocycles. The average Bonchev–Trinajstić information content (AvgIpc) is 2.68. The first kappa shape index (κ1) is 20.1. The minimum atomic E-state index is -3.52. The number of halogens is 1. The van der Waals surface area contributed by atoms with Gasteiger partial charge in [0.05, 0.1) is 0 Å². The van der Waals surface area contributed by atoms with Crippen molar-refractivity contribution in [3.63, 3.8) is 0 Å². The molecule has 0 radical (unpaired) electrons. The van der Waals surface area contributed by atoms with E-state index >= 15 is 0 Å². The molecular weight excluding hydrogens is 380 g/mol. The molecule has 0 aliphatic carbocycles. The first-order chi connectivity index (χ1) is 13.0. The SMILES string of the molecule is O=S(=O)(/C=C/c1ccc(Cl)cc1)NCc1ccccc1CN1CCCCC1. The van der Waals surface area contributed by atoms with Crippen LogP contribution >= 0.6 is 11.6 Å². The van der Waals surface area contributed by atoms with Crippen LogP contribution in [-0.4, -0.2) is 26.4 Å². The molecule has 144 valence electrons. The van der Waals surface area contributed by atoms with Gasteiger partial charge in [0.15, 0.2) is 0 Å². The van der Waals surface area contributed by atoms with E-state index in [2.05, 4.69) is 15.7 Å². The van der Waals surface area contributed by atoms with Gasteiger partial charge in [0.1, 0.15) is 0 Å². The van der Waals surface area contributed by atoms with Gasteiger partial charge in [-0.25, -0.2) is 13.1 Å². The molecule has 1 fully saturated rings. The molecule has 1 aliphatic heterocycles. The maximum absolute atomic E-state index is 12.3. The minimum Gasteiger partial charge on any atom is -0.299 e. The van der Waals surface area contributed by atoms with Crippen molar-refractivity contribution in [2.24, 2.45) is 0 Å². The predicted octanol–water partition coefficient (Wildman–Crippen LogP) is 4.42. The van der Waals surface area contributed by atoms with Gasteiger partial charge in [-0.15, -0.1) is 0 Å². The number of likely N-dealkylation sites (tertiary alicyclic amines) is 1. The third-order valence-electron chi connectivity index (χ3n) is 4.73. The Hall–Kier alpha value is -1.66. The zero-order valence-corrected chi connectivity index (χ0v) is 16.8. The zero-order valence-electron chi connectivity index (χ0n) is 15.3. The van der Waals surface area contributed by atoms with E-state index in [-0.39, 0.29) is 6.54 Å². The van der Waals surface area contributed by atoms with Gasteiger partial charge in [-0.1, -0.05) is 54.4 Å². The summed E-state index contributed by atoms with van der Waals surface area (Å²) >= 11 is 5.85. The second kappa shape index (κ2) is 9.51. The second-order valence-electron chi connectivity index (χ2n) is 6.83. The fourth-order valence-electron chi connectivity index (χ4n) is 3.21. The Balaban J connectivity index is 1.62. The Kier molecular flexibility index (Phi) is 7.07. The summed E-state index contributed by atoms with van der Waals surface area (Å²) in [7, 11) is -3.52. The van der Waals surface area contributed by atoms with Crippen molar-refractivity contribution in [1.29, 1.82) is 0 Å². The Bertz CT molecular complexity index is 873. The fraction of sp³-hybridized carbons (Fsp3) is 0.333. The van der Waals surface area contributed by atoms with Crippen LogP contribution in [0.2, 0.25) is 5.02 Å². The summed E-state index contributed by atoms with van der Waals surface area (Å²) in [5, 5.41) is 1.82. The number of rotatable bonds is 7. The Morgan fingerprint density at radius 2 is 1.63 bits per heavy atom. The van der Waals surface area contributed by atoms with E-state index in [1.807, 2.05) is 18.2 Å². The predicted molar refractivity (Wildman–Crippen MR) is 112 cm³/mol. The summed E-state index contributed by atoms with van der Waals surface area (Å²) in [4.78, 5) is 2.44. The quantitative estimate of drug-likeness (QED) is 0.743. The molecule has 0 amide bonds. The van der Waals surface area contributed by atoms with Crippen molar-refractivity contribution >= 4 is 27.7 Å².